The van der Waals surface area contributed by atoms with Gasteiger partial charge < -0.3 is 15.4 Å². The Balaban J connectivity index is 1.87. The van der Waals surface area contributed by atoms with Gasteiger partial charge in [-0.2, -0.15) is 0 Å². The molecule has 0 atom stereocenters. The van der Waals surface area contributed by atoms with E-state index in [0.717, 1.165) is 43.1 Å². The Bertz CT molecular complexity index is 542. The summed E-state index contributed by atoms with van der Waals surface area (Å²) in [4.78, 5) is 8.21. The first kappa shape index (κ1) is 12.9. The topological polar surface area (TPSA) is 55.8 Å². The van der Waals surface area contributed by atoms with Crippen LogP contribution in [0.4, 0.5) is 5.82 Å². The number of methoxy groups -OCH3 is 1. The fourth-order valence-corrected chi connectivity index (χ4v) is 3.47. The number of hydrogen-bond acceptors (Lipinski definition) is 5. The quantitative estimate of drug-likeness (QED) is 0.922. The van der Waals surface area contributed by atoms with Gasteiger partial charge in [0, 0.05) is 38.2 Å². The third-order valence-electron chi connectivity index (χ3n) is 3.80. The summed E-state index contributed by atoms with van der Waals surface area (Å²) >= 11 is 1.68. The number of aromatic nitrogens is 2. The van der Waals surface area contributed by atoms with Crippen molar-refractivity contribution >= 4 is 22.1 Å². The zero-order valence-electron chi connectivity index (χ0n) is 11.2. The molecule has 0 bridgehead atoms. The third kappa shape index (κ3) is 2.35. The first-order valence-corrected chi connectivity index (χ1v) is 7.63. The second-order valence-corrected chi connectivity index (χ2v) is 5.77. The van der Waals surface area contributed by atoms with E-state index >= 15 is 0 Å². The number of fused-ring (bicyclic) bond motifs is 1. The lowest BCUT2D eigenvalue weighted by atomic mass is 10.1. The van der Waals surface area contributed by atoms with Crippen LogP contribution in [-0.2, 0) is 11.2 Å². The van der Waals surface area contributed by atoms with Crippen LogP contribution >= 0.6 is 11.3 Å². The minimum Gasteiger partial charge on any atom is -0.381 e. The molecule has 1 aliphatic rings. The van der Waals surface area contributed by atoms with Crippen molar-refractivity contribution in [3.05, 3.63) is 17.3 Å². The average molecular weight is 280 g/mol. The number of rotatable bonds is 4. The molecule has 5 nitrogen and oxygen atoms in total. The van der Waals surface area contributed by atoms with Crippen LogP contribution in [0.15, 0.2) is 11.6 Å². The number of anilines is 1. The fourth-order valence-electron chi connectivity index (χ4n) is 2.75. The molecular formula is C13H20N4OS. The number of imidazole rings is 1. The smallest absolute Gasteiger partial charge is 0.195 e. The monoisotopic (exact) mass is 280 g/mol. The number of ether oxygens (including phenoxy) is 1. The van der Waals surface area contributed by atoms with E-state index in [2.05, 4.69) is 20.9 Å². The fraction of sp³-hybridized carbons (Fsp3) is 0.615. The van der Waals surface area contributed by atoms with Crippen LogP contribution in [0.25, 0.3) is 4.96 Å². The largest absolute Gasteiger partial charge is 0.381 e. The van der Waals surface area contributed by atoms with Crippen molar-refractivity contribution in [2.24, 2.45) is 5.73 Å². The maximum atomic E-state index is 5.75. The Kier molecular flexibility index (Phi) is 3.72. The van der Waals surface area contributed by atoms with Crippen LogP contribution in [0, 0.1) is 0 Å². The summed E-state index contributed by atoms with van der Waals surface area (Å²) in [5, 5.41) is 2.07. The van der Waals surface area contributed by atoms with Crippen molar-refractivity contribution in [1.82, 2.24) is 9.38 Å². The molecule has 0 amide bonds. The highest BCUT2D eigenvalue weighted by molar-refractivity contribution is 7.15. The Morgan fingerprint density at radius 3 is 2.95 bits per heavy atom. The molecule has 0 spiro atoms. The molecule has 2 aromatic heterocycles. The Hall–Kier alpha value is -1.11. The van der Waals surface area contributed by atoms with E-state index < -0.39 is 0 Å². The molecule has 1 aliphatic heterocycles. The Morgan fingerprint density at radius 1 is 1.47 bits per heavy atom. The molecule has 3 heterocycles. The van der Waals surface area contributed by atoms with Gasteiger partial charge in [-0.25, -0.2) is 4.98 Å². The number of piperidine rings is 1. The zero-order valence-corrected chi connectivity index (χ0v) is 12.0. The van der Waals surface area contributed by atoms with E-state index in [1.54, 1.807) is 18.4 Å². The summed E-state index contributed by atoms with van der Waals surface area (Å²) in [6, 6.07) is 0. The third-order valence-corrected chi connectivity index (χ3v) is 4.55. The van der Waals surface area contributed by atoms with Gasteiger partial charge in [-0.15, -0.1) is 11.3 Å². The minimum absolute atomic E-state index is 0.401. The Labute approximate surface area is 117 Å². The summed E-state index contributed by atoms with van der Waals surface area (Å²) in [6.45, 7) is 2.69. The van der Waals surface area contributed by atoms with Gasteiger partial charge in [0.25, 0.3) is 0 Å². The molecule has 19 heavy (non-hydrogen) atoms. The zero-order chi connectivity index (χ0) is 13.2. The summed E-state index contributed by atoms with van der Waals surface area (Å²) in [7, 11) is 1.80. The number of thiazole rings is 1. The van der Waals surface area contributed by atoms with Gasteiger partial charge in [-0.1, -0.05) is 0 Å². The lowest BCUT2D eigenvalue weighted by Crippen LogP contribution is -2.37. The van der Waals surface area contributed by atoms with Crippen LogP contribution in [0.2, 0.25) is 0 Å². The van der Waals surface area contributed by atoms with Crippen LogP contribution in [-0.4, -0.2) is 42.2 Å². The molecule has 3 rings (SSSR count). The molecule has 1 saturated heterocycles. The average Bonchev–Trinajstić information content (AvgIpc) is 3.02. The van der Waals surface area contributed by atoms with E-state index in [9.17, 15) is 0 Å². The summed E-state index contributed by atoms with van der Waals surface area (Å²) < 4.78 is 7.60. The standard InChI is InChI=1S/C13H20N4OS/c1-18-10-3-6-16(7-4-10)12-11(2-5-14)17-8-9-19-13(17)15-12/h8-10H,2-7,14H2,1H3. The van der Waals surface area contributed by atoms with Gasteiger partial charge in [-0.05, 0) is 19.4 Å². The molecule has 0 aromatic carbocycles. The molecule has 2 N–H and O–H groups in total. The lowest BCUT2D eigenvalue weighted by molar-refractivity contribution is 0.0818. The van der Waals surface area contributed by atoms with Crippen LogP contribution in [0.3, 0.4) is 0 Å². The molecule has 0 aliphatic carbocycles. The highest BCUT2D eigenvalue weighted by Crippen LogP contribution is 2.27. The molecule has 0 unspecified atom stereocenters. The predicted octanol–water partition coefficient (Wildman–Crippen LogP) is 1.51. The summed E-state index contributed by atoms with van der Waals surface area (Å²) in [5.74, 6) is 1.12. The van der Waals surface area contributed by atoms with Gasteiger partial charge in [0.2, 0.25) is 0 Å². The molecular weight excluding hydrogens is 260 g/mol. The molecule has 0 radical (unpaired) electrons. The summed E-state index contributed by atoms with van der Waals surface area (Å²) in [6.07, 6.45) is 5.51. The van der Waals surface area contributed by atoms with Gasteiger partial charge in [0.1, 0.15) is 0 Å². The maximum Gasteiger partial charge on any atom is 0.195 e. The van der Waals surface area contributed by atoms with Gasteiger partial charge >= 0.3 is 0 Å². The van der Waals surface area contributed by atoms with Gasteiger partial charge in [0.05, 0.1) is 11.8 Å². The van der Waals surface area contributed by atoms with E-state index in [-0.39, 0.29) is 0 Å². The molecule has 6 heteroatoms. The van der Waals surface area contributed by atoms with E-state index in [4.69, 9.17) is 15.5 Å². The van der Waals surface area contributed by atoms with Crippen molar-refractivity contribution in [1.29, 1.82) is 0 Å². The molecule has 104 valence electrons. The Morgan fingerprint density at radius 2 is 2.26 bits per heavy atom. The van der Waals surface area contributed by atoms with Crippen molar-refractivity contribution in [2.45, 2.75) is 25.4 Å². The highest BCUT2D eigenvalue weighted by Gasteiger charge is 2.24. The van der Waals surface area contributed by atoms with Crippen molar-refractivity contribution in [3.8, 4) is 0 Å². The minimum atomic E-state index is 0.401. The van der Waals surface area contributed by atoms with Crippen molar-refractivity contribution in [3.63, 3.8) is 0 Å². The summed E-state index contributed by atoms with van der Waals surface area (Å²) in [5.41, 5.74) is 6.99. The lowest BCUT2D eigenvalue weighted by Gasteiger charge is -2.32. The van der Waals surface area contributed by atoms with Gasteiger partial charge in [0.15, 0.2) is 10.8 Å². The molecule has 2 aromatic rings. The predicted molar refractivity (Wildman–Crippen MR) is 78.1 cm³/mol. The van der Waals surface area contributed by atoms with Crippen LogP contribution in [0.5, 0.6) is 0 Å². The number of hydrogen-bond donors (Lipinski definition) is 1. The highest BCUT2D eigenvalue weighted by atomic mass is 32.1. The molecule has 1 fully saturated rings. The normalized spacial score (nSPS) is 17.5. The van der Waals surface area contributed by atoms with E-state index in [0.29, 0.717) is 12.6 Å². The molecule has 0 saturated carbocycles. The second-order valence-electron chi connectivity index (χ2n) is 4.90. The number of nitrogens with two attached hydrogens (primary N) is 1. The van der Waals surface area contributed by atoms with Crippen molar-refractivity contribution in [2.75, 3.05) is 31.6 Å². The van der Waals surface area contributed by atoms with Gasteiger partial charge in [-0.3, -0.25) is 4.40 Å². The van der Waals surface area contributed by atoms with E-state index in [1.807, 2.05) is 0 Å². The van der Waals surface area contributed by atoms with Crippen LogP contribution < -0.4 is 10.6 Å². The van der Waals surface area contributed by atoms with Crippen LogP contribution in [0.1, 0.15) is 18.5 Å². The second kappa shape index (κ2) is 5.48. The maximum absolute atomic E-state index is 5.75. The number of nitrogens with zero attached hydrogens (tertiary/aromatic N) is 3. The van der Waals surface area contributed by atoms with E-state index in [1.165, 1.54) is 5.69 Å². The van der Waals surface area contributed by atoms with Crippen molar-refractivity contribution < 1.29 is 4.74 Å². The first-order chi connectivity index (χ1) is 9.33. The SMILES string of the molecule is COC1CCN(c2nc3sccn3c2CCN)CC1. The first-order valence-electron chi connectivity index (χ1n) is 6.75.